The van der Waals surface area contributed by atoms with E-state index in [4.69, 9.17) is 20.9 Å². The Balaban J connectivity index is 1.79. The molecule has 0 radical (unpaired) electrons. The predicted octanol–water partition coefficient (Wildman–Crippen LogP) is 3.99. The summed E-state index contributed by atoms with van der Waals surface area (Å²) in [5.74, 6) is -0.393. The van der Waals surface area contributed by atoms with Crippen molar-refractivity contribution in [3.8, 4) is 11.3 Å². The fraction of sp³-hybridized carbons (Fsp3) is 0.421. The van der Waals surface area contributed by atoms with Crippen LogP contribution in [0.4, 0.5) is 0 Å². The Bertz CT molecular complexity index is 777. The van der Waals surface area contributed by atoms with Crippen LogP contribution in [-0.4, -0.2) is 29.7 Å². The minimum Gasteiger partial charge on any atom is -0.467 e. The summed E-state index contributed by atoms with van der Waals surface area (Å²) >= 11 is 5.88. The number of methoxy groups -OCH3 is 1. The summed E-state index contributed by atoms with van der Waals surface area (Å²) in [5.41, 5.74) is -0.109. The molecule has 1 amide bonds. The van der Waals surface area contributed by atoms with E-state index in [1.165, 1.54) is 7.11 Å². The molecular formula is C19H21ClN2O4. The zero-order valence-corrected chi connectivity index (χ0v) is 15.3. The molecule has 1 aromatic carbocycles. The van der Waals surface area contributed by atoms with Gasteiger partial charge in [0.25, 0.3) is 5.91 Å². The molecule has 26 heavy (non-hydrogen) atoms. The number of hydrogen-bond acceptors (Lipinski definition) is 5. The molecule has 2 aromatic rings. The van der Waals surface area contributed by atoms with E-state index < -0.39 is 17.4 Å². The Morgan fingerprint density at radius 3 is 2.42 bits per heavy atom. The second-order valence-corrected chi connectivity index (χ2v) is 6.96. The summed E-state index contributed by atoms with van der Waals surface area (Å²) in [5, 5.41) is 7.31. The highest BCUT2D eigenvalue weighted by molar-refractivity contribution is 6.30. The average Bonchev–Trinajstić information content (AvgIpc) is 3.02. The number of aromatic nitrogens is 1. The van der Waals surface area contributed by atoms with Gasteiger partial charge in [0.05, 0.1) is 7.11 Å². The maximum absolute atomic E-state index is 12.7. The number of carbonyl (C=O) groups is 2. The molecule has 3 rings (SSSR count). The van der Waals surface area contributed by atoms with Gasteiger partial charge < -0.3 is 14.6 Å². The summed E-state index contributed by atoms with van der Waals surface area (Å²) in [7, 11) is 1.34. The summed E-state index contributed by atoms with van der Waals surface area (Å²) in [6.45, 7) is 0. The fourth-order valence-corrected chi connectivity index (χ4v) is 3.45. The van der Waals surface area contributed by atoms with Crippen LogP contribution in [-0.2, 0) is 9.53 Å². The first kappa shape index (κ1) is 18.5. The largest absolute Gasteiger partial charge is 0.467 e. The molecule has 0 saturated heterocycles. The third-order valence-corrected chi connectivity index (χ3v) is 5.01. The molecule has 1 aliphatic rings. The lowest BCUT2D eigenvalue weighted by Gasteiger charge is -2.30. The molecule has 1 aliphatic carbocycles. The standard InChI is InChI=1S/C19H21ClN2O4/c1-25-18(24)19(10-4-2-3-5-11-19)21-17(23)15-12-16(26-22-15)13-6-8-14(20)9-7-13/h6-9,12H,2-5,10-11H2,1H3,(H,21,23). The van der Waals surface area contributed by atoms with E-state index in [2.05, 4.69) is 10.5 Å². The van der Waals surface area contributed by atoms with Crippen molar-refractivity contribution in [3.05, 3.63) is 41.0 Å². The molecule has 0 bridgehead atoms. The highest BCUT2D eigenvalue weighted by Gasteiger charge is 2.41. The summed E-state index contributed by atoms with van der Waals surface area (Å²) in [6, 6.07) is 8.59. The van der Waals surface area contributed by atoms with Gasteiger partial charge in [0, 0.05) is 16.7 Å². The van der Waals surface area contributed by atoms with Gasteiger partial charge in [-0.25, -0.2) is 4.79 Å². The molecule has 138 valence electrons. The van der Waals surface area contributed by atoms with Crippen LogP contribution in [0.15, 0.2) is 34.9 Å². The maximum atomic E-state index is 12.7. The monoisotopic (exact) mass is 376 g/mol. The lowest BCUT2D eigenvalue weighted by Crippen LogP contribution is -2.54. The van der Waals surface area contributed by atoms with Gasteiger partial charge in [-0.2, -0.15) is 0 Å². The molecule has 7 heteroatoms. The Kier molecular flexibility index (Phi) is 5.61. The second kappa shape index (κ2) is 7.91. The summed E-state index contributed by atoms with van der Waals surface area (Å²) in [4.78, 5) is 25.1. The number of benzene rings is 1. The Morgan fingerprint density at radius 2 is 1.81 bits per heavy atom. The molecule has 0 atom stereocenters. The van der Waals surface area contributed by atoms with Crippen LogP contribution in [0, 0.1) is 0 Å². The van der Waals surface area contributed by atoms with Crippen LogP contribution < -0.4 is 5.32 Å². The molecule has 0 unspecified atom stereocenters. The summed E-state index contributed by atoms with van der Waals surface area (Å²) < 4.78 is 10.2. The van der Waals surface area contributed by atoms with Crippen LogP contribution >= 0.6 is 11.6 Å². The van der Waals surface area contributed by atoms with Crippen LogP contribution in [0.1, 0.15) is 49.0 Å². The fourth-order valence-electron chi connectivity index (χ4n) is 3.32. The lowest BCUT2D eigenvalue weighted by atomic mass is 9.90. The van der Waals surface area contributed by atoms with Crippen molar-refractivity contribution in [2.45, 2.75) is 44.1 Å². The molecule has 0 spiro atoms. The number of nitrogens with one attached hydrogen (secondary N) is 1. The van der Waals surface area contributed by atoms with Crippen molar-refractivity contribution in [2.24, 2.45) is 0 Å². The van der Waals surface area contributed by atoms with Crippen molar-refractivity contribution in [1.29, 1.82) is 0 Å². The topological polar surface area (TPSA) is 81.4 Å². The van der Waals surface area contributed by atoms with Crippen LogP contribution in [0.2, 0.25) is 5.02 Å². The van der Waals surface area contributed by atoms with E-state index >= 15 is 0 Å². The van der Waals surface area contributed by atoms with Gasteiger partial charge in [0.15, 0.2) is 11.5 Å². The molecular weight excluding hydrogens is 356 g/mol. The minimum atomic E-state index is -0.998. The van der Waals surface area contributed by atoms with Gasteiger partial charge in [0.1, 0.15) is 5.54 Å². The number of halogens is 1. The summed E-state index contributed by atoms with van der Waals surface area (Å²) in [6.07, 6.45) is 4.94. The van der Waals surface area contributed by atoms with Crippen molar-refractivity contribution in [2.75, 3.05) is 7.11 Å². The zero-order valence-electron chi connectivity index (χ0n) is 14.6. The number of nitrogens with zero attached hydrogens (tertiary/aromatic N) is 1. The molecule has 1 saturated carbocycles. The number of ether oxygens (including phenoxy) is 1. The SMILES string of the molecule is COC(=O)C1(NC(=O)c2cc(-c3ccc(Cl)cc3)on2)CCCCCC1. The van der Waals surface area contributed by atoms with E-state index in [-0.39, 0.29) is 5.69 Å². The minimum absolute atomic E-state index is 0.127. The number of hydrogen-bond donors (Lipinski definition) is 1. The van der Waals surface area contributed by atoms with E-state index in [1.807, 2.05) is 0 Å². The van der Waals surface area contributed by atoms with E-state index in [0.717, 1.165) is 31.2 Å². The third kappa shape index (κ3) is 3.90. The highest BCUT2D eigenvalue weighted by atomic mass is 35.5. The first-order valence-electron chi connectivity index (χ1n) is 8.68. The molecule has 0 aliphatic heterocycles. The predicted molar refractivity (Wildman–Crippen MR) is 96.9 cm³/mol. The van der Waals surface area contributed by atoms with Crippen molar-refractivity contribution in [3.63, 3.8) is 0 Å². The van der Waals surface area contributed by atoms with E-state index in [0.29, 0.717) is 23.6 Å². The number of carbonyl (C=O) groups excluding carboxylic acids is 2. The first-order valence-corrected chi connectivity index (χ1v) is 9.05. The Morgan fingerprint density at radius 1 is 1.15 bits per heavy atom. The van der Waals surface area contributed by atoms with Gasteiger partial charge in [-0.3, -0.25) is 4.79 Å². The Hall–Kier alpha value is -2.34. The van der Waals surface area contributed by atoms with E-state index in [9.17, 15) is 9.59 Å². The molecule has 1 aromatic heterocycles. The first-order chi connectivity index (χ1) is 12.5. The lowest BCUT2D eigenvalue weighted by molar-refractivity contribution is -0.148. The molecule has 1 fully saturated rings. The van der Waals surface area contributed by atoms with Crippen molar-refractivity contribution >= 4 is 23.5 Å². The molecule has 6 nitrogen and oxygen atoms in total. The van der Waals surface area contributed by atoms with Gasteiger partial charge >= 0.3 is 5.97 Å². The van der Waals surface area contributed by atoms with Gasteiger partial charge in [-0.05, 0) is 37.1 Å². The molecule has 1 N–H and O–H groups in total. The maximum Gasteiger partial charge on any atom is 0.331 e. The van der Waals surface area contributed by atoms with Crippen molar-refractivity contribution < 1.29 is 18.8 Å². The molecule has 1 heterocycles. The van der Waals surface area contributed by atoms with Gasteiger partial charge in [-0.1, -0.05) is 42.4 Å². The number of rotatable bonds is 4. The van der Waals surface area contributed by atoms with Crippen LogP contribution in [0.25, 0.3) is 11.3 Å². The second-order valence-electron chi connectivity index (χ2n) is 6.53. The van der Waals surface area contributed by atoms with E-state index in [1.54, 1.807) is 30.3 Å². The van der Waals surface area contributed by atoms with Crippen molar-refractivity contribution in [1.82, 2.24) is 10.5 Å². The van der Waals surface area contributed by atoms with Gasteiger partial charge in [-0.15, -0.1) is 0 Å². The Labute approximate surface area is 156 Å². The van der Waals surface area contributed by atoms with Crippen LogP contribution in [0.5, 0.6) is 0 Å². The quantitative estimate of drug-likeness (QED) is 0.644. The third-order valence-electron chi connectivity index (χ3n) is 4.76. The van der Waals surface area contributed by atoms with Gasteiger partial charge in [0.2, 0.25) is 0 Å². The number of esters is 1. The highest BCUT2D eigenvalue weighted by Crippen LogP contribution is 2.29. The zero-order chi connectivity index (χ0) is 18.6. The number of amides is 1. The normalized spacial score (nSPS) is 16.5. The van der Waals surface area contributed by atoms with Crippen LogP contribution in [0.3, 0.4) is 0 Å². The smallest absolute Gasteiger partial charge is 0.331 e. The average molecular weight is 377 g/mol.